The number of halogens is 2. The SMILES string of the molecule is CC1([C@]2(C)CCCC(=O)C2)Oc2cc(Br)c(Br)cc2O1. The van der Waals surface area contributed by atoms with E-state index in [1.807, 2.05) is 19.1 Å². The van der Waals surface area contributed by atoms with Crippen molar-refractivity contribution < 1.29 is 14.3 Å². The van der Waals surface area contributed by atoms with Gasteiger partial charge in [-0.3, -0.25) is 4.79 Å². The molecule has 1 aliphatic heterocycles. The number of carbonyl (C=O) groups is 1. The summed E-state index contributed by atoms with van der Waals surface area (Å²) in [5.41, 5.74) is -0.291. The molecule has 0 unspecified atom stereocenters. The summed E-state index contributed by atoms with van der Waals surface area (Å²) in [5.74, 6) is 0.959. The van der Waals surface area contributed by atoms with E-state index in [-0.39, 0.29) is 5.41 Å². The van der Waals surface area contributed by atoms with Gasteiger partial charge in [0, 0.05) is 28.7 Å². The average Bonchev–Trinajstić information content (AvgIpc) is 2.67. The van der Waals surface area contributed by atoms with Gasteiger partial charge in [-0.1, -0.05) is 6.92 Å². The predicted molar refractivity (Wildman–Crippen MR) is 83.1 cm³/mol. The van der Waals surface area contributed by atoms with Gasteiger partial charge in [-0.25, -0.2) is 0 Å². The molecule has 5 heteroatoms. The molecule has 3 nitrogen and oxygen atoms in total. The Hall–Kier alpha value is -0.550. The quantitative estimate of drug-likeness (QED) is 0.672. The smallest absolute Gasteiger partial charge is 0.254 e. The number of carbonyl (C=O) groups excluding carboxylic acids is 1. The number of rotatable bonds is 1. The second-order valence-corrected chi connectivity index (χ2v) is 7.70. The minimum Gasteiger partial charge on any atom is -0.448 e. The van der Waals surface area contributed by atoms with Gasteiger partial charge in [-0.05, 0) is 56.8 Å². The van der Waals surface area contributed by atoms with Crippen LogP contribution in [0.4, 0.5) is 0 Å². The molecule has 1 aromatic carbocycles. The fraction of sp³-hybridized carbons (Fsp3) is 0.533. The number of hydrogen-bond acceptors (Lipinski definition) is 3. The van der Waals surface area contributed by atoms with Crippen LogP contribution in [-0.2, 0) is 4.79 Å². The van der Waals surface area contributed by atoms with E-state index in [2.05, 4.69) is 38.8 Å². The van der Waals surface area contributed by atoms with Crippen LogP contribution >= 0.6 is 31.9 Å². The lowest BCUT2D eigenvalue weighted by Gasteiger charge is -2.43. The molecule has 1 aromatic rings. The molecule has 0 aromatic heterocycles. The van der Waals surface area contributed by atoms with Gasteiger partial charge in [0.15, 0.2) is 11.5 Å². The van der Waals surface area contributed by atoms with Crippen molar-refractivity contribution in [3.05, 3.63) is 21.1 Å². The second kappa shape index (κ2) is 4.73. The molecule has 108 valence electrons. The van der Waals surface area contributed by atoms with Crippen molar-refractivity contribution in [2.24, 2.45) is 5.41 Å². The van der Waals surface area contributed by atoms with Crippen LogP contribution < -0.4 is 9.47 Å². The first-order valence-corrected chi connectivity index (χ1v) is 8.30. The molecule has 0 spiro atoms. The van der Waals surface area contributed by atoms with Gasteiger partial charge in [0.25, 0.3) is 5.79 Å². The molecule has 1 atom stereocenters. The molecule has 1 fully saturated rings. The largest absolute Gasteiger partial charge is 0.448 e. The predicted octanol–water partition coefficient (Wildman–Crippen LogP) is 4.85. The maximum atomic E-state index is 11.8. The molecule has 1 saturated carbocycles. The average molecular weight is 404 g/mol. The number of hydrogen-bond donors (Lipinski definition) is 0. The number of fused-ring (bicyclic) bond motifs is 1. The van der Waals surface area contributed by atoms with Crippen molar-refractivity contribution in [2.45, 2.75) is 45.3 Å². The summed E-state index contributed by atoms with van der Waals surface area (Å²) < 4.78 is 14.0. The third-order valence-corrected chi connectivity index (χ3v) is 6.31. The summed E-state index contributed by atoms with van der Waals surface area (Å²) in [4.78, 5) is 11.8. The zero-order valence-electron chi connectivity index (χ0n) is 11.5. The topological polar surface area (TPSA) is 35.5 Å². The first kappa shape index (κ1) is 14.4. The fourth-order valence-corrected chi connectivity index (χ4v) is 3.68. The molecule has 20 heavy (non-hydrogen) atoms. The highest BCUT2D eigenvalue weighted by Crippen LogP contribution is 2.53. The highest BCUT2D eigenvalue weighted by molar-refractivity contribution is 9.13. The van der Waals surface area contributed by atoms with Crippen molar-refractivity contribution in [3.63, 3.8) is 0 Å². The lowest BCUT2D eigenvalue weighted by atomic mass is 9.69. The van der Waals surface area contributed by atoms with E-state index in [9.17, 15) is 4.79 Å². The fourth-order valence-electron chi connectivity index (χ4n) is 3.03. The number of ketones is 1. The lowest BCUT2D eigenvalue weighted by molar-refractivity contribution is -0.174. The summed E-state index contributed by atoms with van der Waals surface area (Å²) in [6, 6.07) is 3.80. The Bertz CT molecular complexity index is 554. The summed E-state index contributed by atoms with van der Waals surface area (Å²) in [6.45, 7) is 4.02. The minimum absolute atomic E-state index is 0.291. The highest BCUT2D eigenvalue weighted by Gasteiger charge is 2.54. The van der Waals surface area contributed by atoms with Crippen LogP contribution in [0.5, 0.6) is 11.5 Å². The lowest BCUT2D eigenvalue weighted by Crippen LogP contribution is -2.53. The first-order chi connectivity index (χ1) is 9.33. The van der Waals surface area contributed by atoms with E-state index in [0.717, 1.165) is 33.3 Å². The molecule has 3 rings (SSSR count). The molecule has 1 aliphatic carbocycles. The molecule has 2 aliphatic rings. The Morgan fingerprint density at radius 1 is 1.10 bits per heavy atom. The van der Waals surface area contributed by atoms with Crippen LogP contribution in [0.1, 0.15) is 39.5 Å². The molecule has 0 N–H and O–H groups in total. The maximum absolute atomic E-state index is 11.8. The zero-order chi connectivity index (χ0) is 14.5. The standard InChI is InChI=1S/C15H16Br2O3/c1-14(5-3-4-9(18)8-14)15(2)19-12-6-10(16)11(17)7-13(12)20-15/h6-7H,3-5,8H2,1-2H3/t14-/m1/s1. The Labute approximate surface area is 135 Å². The summed E-state index contributed by atoms with van der Waals surface area (Å²) >= 11 is 6.94. The van der Waals surface area contributed by atoms with Crippen LogP contribution in [0.15, 0.2) is 21.1 Å². The van der Waals surface area contributed by atoms with E-state index in [4.69, 9.17) is 9.47 Å². The highest BCUT2D eigenvalue weighted by atomic mass is 79.9. The molecule has 1 heterocycles. The normalized spacial score (nSPS) is 27.7. The maximum Gasteiger partial charge on any atom is 0.254 e. The van der Waals surface area contributed by atoms with Gasteiger partial charge >= 0.3 is 0 Å². The monoisotopic (exact) mass is 402 g/mol. The van der Waals surface area contributed by atoms with Crippen LogP contribution in [0, 0.1) is 5.41 Å². The van der Waals surface area contributed by atoms with Gasteiger partial charge in [0.1, 0.15) is 5.78 Å². The van der Waals surface area contributed by atoms with E-state index >= 15 is 0 Å². The second-order valence-electron chi connectivity index (χ2n) is 5.99. The van der Waals surface area contributed by atoms with Crippen molar-refractivity contribution in [2.75, 3.05) is 0 Å². The van der Waals surface area contributed by atoms with E-state index in [1.54, 1.807) is 0 Å². The summed E-state index contributed by atoms with van der Waals surface area (Å²) in [7, 11) is 0. The van der Waals surface area contributed by atoms with Gasteiger partial charge in [-0.15, -0.1) is 0 Å². The van der Waals surface area contributed by atoms with Gasteiger partial charge in [-0.2, -0.15) is 0 Å². The van der Waals surface area contributed by atoms with Gasteiger partial charge in [0.2, 0.25) is 0 Å². The molecular formula is C15H16Br2O3. The van der Waals surface area contributed by atoms with E-state index in [0.29, 0.717) is 18.6 Å². The van der Waals surface area contributed by atoms with Crippen LogP contribution in [0.25, 0.3) is 0 Å². The summed E-state index contributed by atoms with van der Waals surface area (Å²) in [6.07, 6.45) is 3.03. The van der Waals surface area contributed by atoms with E-state index < -0.39 is 5.79 Å². The zero-order valence-corrected chi connectivity index (χ0v) is 14.6. The number of Topliss-reactive ketones (excluding diaryl/α,β-unsaturated/α-hetero) is 1. The third-order valence-electron chi connectivity index (χ3n) is 4.46. The Kier molecular flexibility index (Phi) is 3.41. The first-order valence-electron chi connectivity index (χ1n) is 6.72. The van der Waals surface area contributed by atoms with E-state index in [1.165, 1.54) is 0 Å². The summed E-state index contributed by atoms with van der Waals surface area (Å²) in [5, 5.41) is 0. The van der Waals surface area contributed by atoms with Crippen molar-refractivity contribution >= 4 is 37.6 Å². The Morgan fingerprint density at radius 3 is 2.15 bits per heavy atom. The van der Waals surface area contributed by atoms with Crippen LogP contribution in [0.2, 0.25) is 0 Å². The Balaban J connectivity index is 1.94. The van der Waals surface area contributed by atoms with Gasteiger partial charge in [0.05, 0.1) is 5.41 Å². The van der Waals surface area contributed by atoms with Crippen molar-refractivity contribution in [3.8, 4) is 11.5 Å². The van der Waals surface area contributed by atoms with Crippen molar-refractivity contribution in [1.29, 1.82) is 0 Å². The number of benzene rings is 1. The molecule has 0 amide bonds. The third kappa shape index (κ3) is 2.19. The van der Waals surface area contributed by atoms with Crippen LogP contribution in [0.3, 0.4) is 0 Å². The van der Waals surface area contributed by atoms with Gasteiger partial charge < -0.3 is 9.47 Å². The molecule has 0 bridgehead atoms. The molecular weight excluding hydrogens is 388 g/mol. The molecule has 0 radical (unpaired) electrons. The number of ether oxygens (including phenoxy) is 2. The minimum atomic E-state index is -0.786. The molecule has 0 saturated heterocycles. The Morgan fingerprint density at radius 2 is 1.65 bits per heavy atom. The van der Waals surface area contributed by atoms with Crippen molar-refractivity contribution in [1.82, 2.24) is 0 Å². The van der Waals surface area contributed by atoms with Crippen LogP contribution in [-0.4, -0.2) is 11.6 Å².